The van der Waals surface area contributed by atoms with Crippen molar-refractivity contribution in [3.63, 3.8) is 0 Å². The Bertz CT molecular complexity index is 326. The van der Waals surface area contributed by atoms with Crippen LogP contribution in [0.4, 0.5) is 9.59 Å². The van der Waals surface area contributed by atoms with Gasteiger partial charge in [0.25, 0.3) is 0 Å². The molecule has 0 bridgehead atoms. The highest BCUT2D eigenvalue weighted by Gasteiger charge is 2.18. The zero-order valence-corrected chi connectivity index (χ0v) is 10.6. The van der Waals surface area contributed by atoms with Gasteiger partial charge in [-0.05, 0) is 0 Å². The van der Waals surface area contributed by atoms with Crippen molar-refractivity contribution < 1.29 is 14.3 Å². The molecule has 0 saturated carbocycles. The Morgan fingerprint density at radius 1 is 1.41 bits per heavy atom. The van der Waals surface area contributed by atoms with Crippen LogP contribution in [0.3, 0.4) is 0 Å². The molecular weight excluding hydrogens is 224 g/mol. The van der Waals surface area contributed by atoms with E-state index in [2.05, 4.69) is 21.6 Å². The number of rotatable bonds is 2. The highest BCUT2D eigenvalue weighted by molar-refractivity contribution is 5.99. The minimum absolute atomic E-state index is 0.179. The van der Waals surface area contributed by atoms with Crippen molar-refractivity contribution in [3.05, 3.63) is 12.7 Å². The fourth-order valence-electron chi connectivity index (χ4n) is 0.983. The summed E-state index contributed by atoms with van der Waals surface area (Å²) in [5.74, 6) is 0.179. The number of guanidine groups is 1. The number of nitrogens with one attached hydrogen (secondary N) is 1. The lowest BCUT2D eigenvalue weighted by Gasteiger charge is -2.23. The second-order valence-corrected chi connectivity index (χ2v) is 3.31. The first kappa shape index (κ1) is 14.9. The lowest BCUT2D eigenvalue weighted by atomic mass is 10.6. The molecule has 0 aliphatic rings. The van der Waals surface area contributed by atoms with E-state index in [1.54, 1.807) is 14.1 Å². The number of aliphatic imine (C=N–C) groups is 1. The Morgan fingerprint density at radius 2 is 2.00 bits per heavy atom. The highest BCUT2D eigenvalue weighted by atomic mass is 16.5. The van der Waals surface area contributed by atoms with Crippen LogP contribution in [0.15, 0.2) is 17.6 Å². The zero-order chi connectivity index (χ0) is 13.4. The van der Waals surface area contributed by atoms with E-state index in [1.807, 2.05) is 0 Å². The van der Waals surface area contributed by atoms with Gasteiger partial charge in [-0.2, -0.15) is 4.99 Å². The van der Waals surface area contributed by atoms with Crippen LogP contribution in [0.1, 0.15) is 0 Å². The van der Waals surface area contributed by atoms with Crippen molar-refractivity contribution in [2.24, 2.45) is 4.99 Å². The van der Waals surface area contributed by atoms with Crippen LogP contribution in [0, 0.1) is 0 Å². The molecule has 0 aliphatic heterocycles. The van der Waals surface area contributed by atoms with Gasteiger partial charge in [0, 0.05) is 27.7 Å². The van der Waals surface area contributed by atoms with Crippen LogP contribution in [0.5, 0.6) is 0 Å². The molecule has 7 nitrogen and oxygen atoms in total. The van der Waals surface area contributed by atoms with Gasteiger partial charge in [-0.1, -0.05) is 6.08 Å². The van der Waals surface area contributed by atoms with Gasteiger partial charge in [0.1, 0.15) is 0 Å². The third-order valence-electron chi connectivity index (χ3n) is 1.75. The third kappa shape index (κ3) is 5.01. The average molecular weight is 242 g/mol. The van der Waals surface area contributed by atoms with E-state index in [1.165, 1.54) is 25.1 Å². The van der Waals surface area contributed by atoms with Crippen molar-refractivity contribution in [2.45, 2.75) is 0 Å². The van der Waals surface area contributed by atoms with Crippen molar-refractivity contribution in [2.75, 3.05) is 34.8 Å². The third-order valence-corrected chi connectivity index (χ3v) is 1.75. The van der Waals surface area contributed by atoms with Crippen LogP contribution in [-0.4, -0.2) is 62.7 Å². The van der Waals surface area contributed by atoms with Crippen LogP contribution in [-0.2, 0) is 4.74 Å². The summed E-state index contributed by atoms with van der Waals surface area (Å²) in [6, 6.07) is -0.552. The first-order chi connectivity index (χ1) is 7.93. The van der Waals surface area contributed by atoms with Gasteiger partial charge >= 0.3 is 12.1 Å². The van der Waals surface area contributed by atoms with Gasteiger partial charge < -0.3 is 15.0 Å². The second-order valence-electron chi connectivity index (χ2n) is 3.31. The van der Waals surface area contributed by atoms with Crippen molar-refractivity contribution >= 4 is 18.1 Å². The van der Waals surface area contributed by atoms with Crippen LogP contribution in [0.25, 0.3) is 0 Å². The van der Waals surface area contributed by atoms with E-state index in [0.29, 0.717) is 6.54 Å². The molecule has 0 aliphatic carbocycles. The molecule has 0 spiro atoms. The first-order valence-corrected chi connectivity index (χ1v) is 4.90. The fourth-order valence-corrected chi connectivity index (χ4v) is 0.983. The van der Waals surface area contributed by atoms with Gasteiger partial charge in [0.15, 0.2) is 0 Å². The van der Waals surface area contributed by atoms with Crippen LogP contribution in [0.2, 0.25) is 0 Å². The first-order valence-electron chi connectivity index (χ1n) is 4.90. The standard InChI is InChI=1S/C10H18N4O3/c1-6-7-11-8(15)12-9(13(2)3)14(4)10(16)17-5/h6H,1,7H2,2-5H3,(H,11,15)/b12-9+. The maximum absolute atomic E-state index is 11.4. The lowest BCUT2D eigenvalue weighted by Crippen LogP contribution is -2.43. The summed E-state index contributed by atoms with van der Waals surface area (Å²) in [5.41, 5.74) is 0. The molecule has 0 aromatic rings. The number of hydrogen-bond acceptors (Lipinski definition) is 3. The molecule has 0 radical (unpaired) electrons. The zero-order valence-electron chi connectivity index (χ0n) is 10.6. The van der Waals surface area contributed by atoms with Crippen molar-refractivity contribution in [1.29, 1.82) is 0 Å². The number of ether oxygens (including phenoxy) is 1. The van der Waals surface area contributed by atoms with Gasteiger partial charge in [0.05, 0.1) is 7.11 Å². The summed E-state index contributed by atoms with van der Waals surface area (Å²) in [4.78, 5) is 29.1. The molecule has 0 unspecified atom stereocenters. The predicted octanol–water partition coefficient (Wildman–Crippen LogP) is 0.498. The SMILES string of the molecule is C=CCNC(=O)/N=C(\N(C)C)N(C)C(=O)OC. The van der Waals surface area contributed by atoms with Gasteiger partial charge in [0.2, 0.25) is 5.96 Å². The van der Waals surface area contributed by atoms with E-state index in [0.717, 1.165) is 4.90 Å². The number of carbonyl (C=O) groups excluding carboxylic acids is 2. The Kier molecular flexibility index (Phi) is 6.39. The average Bonchev–Trinajstić information content (AvgIpc) is 2.31. The van der Waals surface area contributed by atoms with E-state index in [-0.39, 0.29) is 5.96 Å². The molecule has 0 aromatic heterocycles. The summed E-state index contributed by atoms with van der Waals surface area (Å²) in [7, 11) is 6.05. The monoisotopic (exact) mass is 242 g/mol. The number of carbonyl (C=O) groups is 2. The maximum atomic E-state index is 11.4. The molecule has 3 amide bonds. The summed E-state index contributed by atoms with van der Waals surface area (Å²) >= 11 is 0. The minimum Gasteiger partial charge on any atom is -0.452 e. The number of urea groups is 1. The number of amides is 3. The summed E-state index contributed by atoms with van der Waals surface area (Å²) < 4.78 is 4.54. The number of nitrogens with zero attached hydrogens (tertiary/aromatic N) is 3. The molecule has 0 saturated heterocycles. The predicted molar refractivity (Wildman–Crippen MR) is 64.9 cm³/mol. The summed E-state index contributed by atoms with van der Waals surface area (Å²) in [6.45, 7) is 3.78. The molecule has 96 valence electrons. The smallest absolute Gasteiger partial charge is 0.416 e. The van der Waals surface area contributed by atoms with Crippen molar-refractivity contribution in [1.82, 2.24) is 15.1 Å². The molecule has 0 aromatic carbocycles. The molecule has 0 atom stereocenters. The molecule has 7 heteroatoms. The maximum Gasteiger partial charge on any atom is 0.416 e. The van der Waals surface area contributed by atoms with Crippen LogP contribution >= 0.6 is 0 Å². The highest BCUT2D eigenvalue weighted by Crippen LogP contribution is 1.96. The van der Waals surface area contributed by atoms with E-state index in [4.69, 9.17) is 0 Å². The lowest BCUT2D eigenvalue weighted by molar-refractivity contribution is 0.149. The second kappa shape index (κ2) is 7.26. The van der Waals surface area contributed by atoms with E-state index >= 15 is 0 Å². The molecule has 17 heavy (non-hydrogen) atoms. The van der Waals surface area contributed by atoms with Gasteiger partial charge in [-0.15, -0.1) is 6.58 Å². The van der Waals surface area contributed by atoms with E-state index < -0.39 is 12.1 Å². The normalized spacial score (nSPS) is 10.5. The minimum atomic E-state index is -0.603. The largest absolute Gasteiger partial charge is 0.452 e. The Morgan fingerprint density at radius 3 is 2.41 bits per heavy atom. The fraction of sp³-hybridized carbons (Fsp3) is 0.500. The number of hydrogen-bond donors (Lipinski definition) is 1. The number of methoxy groups -OCH3 is 1. The topological polar surface area (TPSA) is 74.2 Å². The quantitative estimate of drug-likeness (QED) is 0.434. The molecule has 0 heterocycles. The van der Waals surface area contributed by atoms with Gasteiger partial charge in [-0.25, -0.2) is 9.59 Å². The molecule has 1 N–H and O–H groups in total. The van der Waals surface area contributed by atoms with Crippen molar-refractivity contribution in [3.8, 4) is 0 Å². The summed E-state index contributed by atoms with van der Waals surface area (Å²) in [6.07, 6.45) is 0.932. The Hall–Kier alpha value is -2.05. The Labute approximate surface area is 101 Å². The van der Waals surface area contributed by atoms with Gasteiger partial charge in [-0.3, -0.25) is 4.90 Å². The van der Waals surface area contributed by atoms with E-state index in [9.17, 15) is 9.59 Å². The van der Waals surface area contributed by atoms with Crippen LogP contribution < -0.4 is 5.32 Å². The molecular formula is C10H18N4O3. The Balaban J connectivity index is 4.84. The summed E-state index contributed by atoms with van der Waals surface area (Å²) in [5, 5.41) is 2.48. The molecule has 0 fully saturated rings. The molecule has 0 rings (SSSR count).